The lowest BCUT2D eigenvalue weighted by atomic mass is 9.61. The molecule has 88 valence electrons. The van der Waals surface area contributed by atoms with Crippen LogP contribution in [0.3, 0.4) is 0 Å². The second-order valence-corrected chi connectivity index (χ2v) is 6.32. The zero-order valence-electron chi connectivity index (χ0n) is 10.3. The smallest absolute Gasteiger partial charge is 0.0724 e. The molecule has 2 rings (SSSR count). The fraction of sp³-hybridized carbons (Fsp3) is 1.00. The number of hydrogen-bond donors (Lipinski definition) is 1. The van der Waals surface area contributed by atoms with Crippen molar-refractivity contribution in [2.75, 3.05) is 13.2 Å². The molecule has 1 N–H and O–H groups in total. The van der Waals surface area contributed by atoms with E-state index >= 15 is 0 Å². The van der Waals surface area contributed by atoms with Crippen LogP contribution in [0, 0.1) is 17.3 Å². The van der Waals surface area contributed by atoms with E-state index in [1.54, 1.807) is 0 Å². The van der Waals surface area contributed by atoms with Crippen LogP contribution < -0.4 is 0 Å². The van der Waals surface area contributed by atoms with Gasteiger partial charge in [0.1, 0.15) is 0 Å². The molecule has 1 saturated carbocycles. The summed E-state index contributed by atoms with van der Waals surface area (Å²) in [7, 11) is 0. The van der Waals surface area contributed by atoms with E-state index in [1.165, 1.54) is 0 Å². The summed E-state index contributed by atoms with van der Waals surface area (Å²) in [6.07, 6.45) is 4.28. The van der Waals surface area contributed by atoms with Crippen LogP contribution in [0.5, 0.6) is 0 Å². The fourth-order valence-corrected chi connectivity index (χ4v) is 3.43. The van der Waals surface area contributed by atoms with Crippen molar-refractivity contribution in [1.82, 2.24) is 0 Å². The lowest BCUT2D eigenvalue weighted by molar-refractivity contribution is -0.112. The first-order valence-electron chi connectivity index (χ1n) is 6.24. The highest BCUT2D eigenvalue weighted by molar-refractivity contribution is 4.98. The van der Waals surface area contributed by atoms with Crippen molar-refractivity contribution in [3.63, 3.8) is 0 Å². The van der Waals surface area contributed by atoms with Gasteiger partial charge in [-0.3, -0.25) is 0 Å². The molecule has 2 aliphatic rings. The lowest BCUT2D eigenvalue weighted by Crippen LogP contribution is -2.49. The summed E-state index contributed by atoms with van der Waals surface area (Å²) in [5, 5.41) is 10.8. The largest absolute Gasteiger partial charge is 0.389 e. The Kier molecular flexibility index (Phi) is 2.85. The van der Waals surface area contributed by atoms with Crippen molar-refractivity contribution >= 4 is 0 Å². The van der Waals surface area contributed by atoms with Crippen LogP contribution in [-0.4, -0.2) is 23.9 Å². The third kappa shape index (κ3) is 2.07. The third-order valence-corrected chi connectivity index (χ3v) is 4.55. The van der Waals surface area contributed by atoms with Crippen molar-refractivity contribution in [3.05, 3.63) is 0 Å². The molecule has 0 amide bonds. The van der Waals surface area contributed by atoms with Gasteiger partial charge in [-0.25, -0.2) is 0 Å². The molecule has 1 aliphatic heterocycles. The van der Waals surface area contributed by atoms with Crippen LogP contribution in [0.1, 0.15) is 46.5 Å². The Bertz CT molecular complexity index is 231. The number of hydrogen-bond acceptors (Lipinski definition) is 2. The third-order valence-electron chi connectivity index (χ3n) is 4.55. The van der Waals surface area contributed by atoms with Gasteiger partial charge in [0.2, 0.25) is 0 Å². The molecule has 0 spiro atoms. The van der Waals surface area contributed by atoms with Gasteiger partial charge < -0.3 is 9.84 Å². The van der Waals surface area contributed by atoms with Gasteiger partial charge in [0.05, 0.1) is 12.2 Å². The quantitative estimate of drug-likeness (QED) is 0.724. The van der Waals surface area contributed by atoms with Crippen molar-refractivity contribution < 1.29 is 9.84 Å². The number of ether oxygens (including phenoxy) is 1. The second kappa shape index (κ2) is 3.74. The maximum atomic E-state index is 10.8. The molecule has 1 heterocycles. The van der Waals surface area contributed by atoms with Crippen LogP contribution >= 0.6 is 0 Å². The van der Waals surface area contributed by atoms with Gasteiger partial charge in [0, 0.05) is 12.5 Å². The minimum absolute atomic E-state index is 0.378. The number of rotatable bonds is 1. The predicted molar refractivity (Wildman–Crippen MR) is 60.7 cm³/mol. The normalized spacial score (nSPS) is 45.6. The van der Waals surface area contributed by atoms with Crippen LogP contribution in [-0.2, 0) is 4.74 Å². The zero-order valence-corrected chi connectivity index (χ0v) is 10.3. The first-order valence-corrected chi connectivity index (χ1v) is 6.24. The van der Waals surface area contributed by atoms with Crippen molar-refractivity contribution in [2.45, 2.75) is 52.1 Å². The molecule has 0 aromatic rings. The number of aliphatic hydroxyl groups is 1. The molecule has 3 atom stereocenters. The minimum Gasteiger partial charge on any atom is -0.389 e. The summed E-state index contributed by atoms with van der Waals surface area (Å²) < 4.78 is 5.42. The van der Waals surface area contributed by atoms with Crippen LogP contribution in [0.2, 0.25) is 0 Å². The summed E-state index contributed by atoms with van der Waals surface area (Å²) in [5.41, 5.74) is -0.0445. The average Bonchev–Trinajstić information content (AvgIpc) is 2.64. The molecule has 2 nitrogen and oxygen atoms in total. The topological polar surface area (TPSA) is 29.5 Å². The van der Waals surface area contributed by atoms with Gasteiger partial charge >= 0.3 is 0 Å². The van der Waals surface area contributed by atoms with Gasteiger partial charge in [-0.15, -0.1) is 0 Å². The van der Waals surface area contributed by atoms with Crippen molar-refractivity contribution in [3.8, 4) is 0 Å². The van der Waals surface area contributed by atoms with E-state index in [-0.39, 0.29) is 0 Å². The van der Waals surface area contributed by atoms with E-state index in [2.05, 4.69) is 20.8 Å². The fourth-order valence-electron chi connectivity index (χ4n) is 3.43. The Morgan fingerprint density at radius 1 is 1.27 bits per heavy atom. The summed E-state index contributed by atoms with van der Waals surface area (Å²) in [6, 6.07) is 0. The predicted octanol–water partition coefficient (Wildman–Crippen LogP) is 2.60. The van der Waals surface area contributed by atoms with Gasteiger partial charge in [-0.05, 0) is 37.0 Å². The first kappa shape index (κ1) is 11.4. The SMILES string of the molecule is CC1CC(C)(C)CCC1(O)C1CCOC1. The van der Waals surface area contributed by atoms with E-state index in [0.29, 0.717) is 17.3 Å². The van der Waals surface area contributed by atoms with Gasteiger partial charge in [-0.1, -0.05) is 20.8 Å². The molecule has 1 aliphatic carbocycles. The van der Waals surface area contributed by atoms with E-state index in [1.807, 2.05) is 0 Å². The Labute approximate surface area is 93.0 Å². The molecule has 0 bridgehead atoms. The summed E-state index contributed by atoms with van der Waals surface area (Å²) >= 11 is 0. The summed E-state index contributed by atoms with van der Waals surface area (Å²) in [4.78, 5) is 0. The molecule has 2 heteroatoms. The van der Waals surface area contributed by atoms with Crippen molar-refractivity contribution in [1.29, 1.82) is 0 Å². The zero-order chi connectivity index (χ0) is 11.1. The Hall–Kier alpha value is -0.0800. The maximum Gasteiger partial charge on any atom is 0.0724 e. The summed E-state index contributed by atoms with van der Waals surface area (Å²) in [6.45, 7) is 8.44. The highest BCUT2D eigenvalue weighted by Crippen LogP contribution is 2.48. The molecule has 1 saturated heterocycles. The molecule has 0 aromatic heterocycles. The summed E-state index contributed by atoms with van der Waals surface area (Å²) in [5.74, 6) is 0.788. The molecular formula is C13H24O2. The second-order valence-electron chi connectivity index (χ2n) is 6.32. The Morgan fingerprint density at radius 2 is 2.00 bits per heavy atom. The lowest BCUT2D eigenvalue weighted by Gasteiger charge is -2.48. The van der Waals surface area contributed by atoms with E-state index in [0.717, 1.165) is 38.9 Å². The van der Waals surface area contributed by atoms with Gasteiger partial charge in [0.25, 0.3) is 0 Å². The molecule has 3 unspecified atom stereocenters. The van der Waals surface area contributed by atoms with E-state index in [9.17, 15) is 5.11 Å². The van der Waals surface area contributed by atoms with Crippen molar-refractivity contribution in [2.24, 2.45) is 17.3 Å². The molecule has 0 radical (unpaired) electrons. The monoisotopic (exact) mass is 212 g/mol. The van der Waals surface area contributed by atoms with E-state index < -0.39 is 5.60 Å². The van der Waals surface area contributed by atoms with Crippen LogP contribution in [0.4, 0.5) is 0 Å². The van der Waals surface area contributed by atoms with Crippen LogP contribution in [0.15, 0.2) is 0 Å². The molecule has 0 aromatic carbocycles. The maximum absolute atomic E-state index is 10.8. The average molecular weight is 212 g/mol. The highest BCUT2D eigenvalue weighted by Gasteiger charge is 2.48. The van der Waals surface area contributed by atoms with Crippen LogP contribution in [0.25, 0.3) is 0 Å². The molecular weight excluding hydrogens is 188 g/mol. The minimum atomic E-state index is -0.452. The first-order chi connectivity index (χ1) is 6.94. The highest BCUT2D eigenvalue weighted by atomic mass is 16.5. The Balaban J connectivity index is 2.08. The Morgan fingerprint density at radius 3 is 2.53 bits per heavy atom. The molecule has 15 heavy (non-hydrogen) atoms. The van der Waals surface area contributed by atoms with Gasteiger partial charge in [0.15, 0.2) is 0 Å². The standard InChI is InChI=1S/C13H24O2/c1-10-8-12(2,3)5-6-13(10,14)11-4-7-15-9-11/h10-11,14H,4-9H2,1-3H3. The molecule has 2 fully saturated rings. The van der Waals surface area contributed by atoms with Gasteiger partial charge in [-0.2, -0.15) is 0 Å². The van der Waals surface area contributed by atoms with E-state index in [4.69, 9.17) is 4.74 Å².